The molecule has 0 heterocycles. The molecule has 0 atom stereocenters. The van der Waals surface area contributed by atoms with E-state index < -0.39 is 0 Å². The van der Waals surface area contributed by atoms with Crippen molar-refractivity contribution in [2.75, 3.05) is 0 Å². The lowest BCUT2D eigenvalue weighted by Crippen LogP contribution is -1.95. The van der Waals surface area contributed by atoms with E-state index >= 15 is 0 Å². The smallest absolute Gasteiger partial charge is 0.124 e. The van der Waals surface area contributed by atoms with Crippen molar-refractivity contribution in [1.29, 1.82) is 0 Å². The van der Waals surface area contributed by atoms with Crippen molar-refractivity contribution in [3.05, 3.63) is 58.9 Å². The van der Waals surface area contributed by atoms with E-state index in [-0.39, 0.29) is 5.82 Å². The summed E-state index contributed by atoms with van der Waals surface area (Å²) in [5.74, 6) is -0.327. The third-order valence-electron chi connectivity index (χ3n) is 2.43. The molecule has 2 rings (SSSR count). The van der Waals surface area contributed by atoms with Gasteiger partial charge in [-0.3, -0.25) is 0 Å². The van der Waals surface area contributed by atoms with E-state index in [2.05, 4.69) is 0 Å². The average molecular weight is 236 g/mol. The highest BCUT2D eigenvalue weighted by atomic mass is 35.5. The zero-order chi connectivity index (χ0) is 11.5. The van der Waals surface area contributed by atoms with E-state index in [4.69, 9.17) is 17.3 Å². The van der Waals surface area contributed by atoms with Crippen LogP contribution in [0.3, 0.4) is 0 Å². The molecule has 0 aromatic heterocycles. The van der Waals surface area contributed by atoms with Gasteiger partial charge in [-0.2, -0.15) is 0 Å². The largest absolute Gasteiger partial charge is 0.326 e. The Bertz CT molecular complexity index is 494. The summed E-state index contributed by atoms with van der Waals surface area (Å²) in [5, 5.41) is 0.417. The van der Waals surface area contributed by atoms with E-state index in [9.17, 15) is 4.39 Å². The Morgan fingerprint density at radius 3 is 2.31 bits per heavy atom. The van der Waals surface area contributed by atoms with Crippen LogP contribution in [0.4, 0.5) is 4.39 Å². The number of hydrogen-bond acceptors (Lipinski definition) is 1. The molecule has 0 spiro atoms. The maximum Gasteiger partial charge on any atom is 0.124 e. The Morgan fingerprint density at radius 2 is 1.75 bits per heavy atom. The van der Waals surface area contributed by atoms with Gasteiger partial charge in [0.15, 0.2) is 0 Å². The van der Waals surface area contributed by atoms with E-state index in [0.717, 1.165) is 16.7 Å². The molecule has 16 heavy (non-hydrogen) atoms. The van der Waals surface area contributed by atoms with Crippen molar-refractivity contribution in [1.82, 2.24) is 0 Å². The monoisotopic (exact) mass is 235 g/mol. The molecule has 0 fully saturated rings. The molecular formula is C13H11ClFN. The van der Waals surface area contributed by atoms with Crippen LogP contribution in [0.25, 0.3) is 11.1 Å². The SMILES string of the molecule is NCc1ccc(-c2ccc(F)cc2Cl)cc1. The van der Waals surface area contributed by atoms with Gasteiger partial charge in [0, 0.05) is 12.1 Å². The highest BCUT2D eigenvalue weighted by Gasteiger charge is 2.04. The standard InChI is InChI=1S/C13H11ClFN/c14-13-7-11(15)5-6-12(13)10-3-1-9(8-16)2-4-10/h1-7H,8,16H2. The van der Waals surface area contributed by atoms with Gasteiger partial charge < -0.3 is 5.73 Å². The summed E-state index contributed by atoms with van der Waals surface area (Å²) in [4.78, 5) is 0. The van der Waals surface area contributed by atoms with Crippen molar-refractivity contribution in [3.8, 4) is 11.1 Å². The minimum absolute atomic E-state index is 0.327. The summed E-state index contributed by atoms with van der Waals surface area (Å²) < 4.78 is 12.9. The van der Waals surface area contributed by atoms with Crippen LogP contribution in [0.2, 0.25) is 5.02 Å². The Labute approximate surface area is 98.7 Å². The second kappa shape index (κ2) is 4.64. The van der Waals surface area contributed by atoms with Crippen LogP contribution in [0.1, 0.15) is 5.56 Å². The molecule has 2 aromatic carbocycles. The molecule has 0 amide bonds. The van der Waals surface area contributed by atoms with Crippen LogP contribution < -0.4 is 5.73 Å². The summed E-state index contributed by atoms with van der Waals surface area (Å²) >= 11 is 5.97. The predicted octanol–water partition coefficient (Wildman–Crippen LogP) is 3.60. The first-order valence-electron chi connectivity index (χ1n) is 4.95. The van der Waals surface area contributed by atoms with Crippen LogP contribution >= 0.6 is 11.6 Å². The fraction of sp³-hybridized carbons (Fsp3) is 0.0769. The van der Waals surface area contributed by atoms with Crippen molar-refractivity contribution in [2.45, 2.75) is 6.54 Å². The van der Waals surface area contributed by atoms with E-state index in [0.29, 0.717) is 11.6 Å². The van der Waals surface area contributed by atoms with Crippen LogP contribution in [-0.2, 0) is 6.54 Å². The molecule has 82 valence electrons. The van der Waals surface area contributed by atoms with Crippen molar-refractivity contribution in [3.63, 3.8) is 0 Å². The van der Waals surface area contributed by atoms with Crippen LogP contribution in [0.15, 0.2) is 42.5 Å². The molecule has 0 saturated heterocycles. The normalized spacial score (nSPS) is 10.4. The number of rotatable bonds is 2. The fourth-order valence-corrected chi connectivity index (χ4v) is 1.82. The average Bonchev–Trinajstić information content (AvgIpc) is 2.29. The van der Waals surface area contributed by atoms with Gasteiger partial charge >= 0.3 is 0 Å². The maximum atomic E-state index is 12.9. The number of nitrogens with two attached hydrogens (primary N) is 1. The third-order valence-corrected chi connectivity index (χ3v) is 2.74. The van der Waals surface area contributed by atoms with E-state index in [1.54, 1.807) is 6.07 Å². The Hall–Kier alpha value is -1.38. The Morgan fingerprint density at radius 1 is 1.06 bits per heavy atom. The molecule has 1 nitrogen and oxygen atoms in total. The summed E-state index contributed by atoms with van der Waals surface area (Å²) in [6, 6.07) is 12.1. The Kier molecular flexibility index (Phi) is 3.22. The van der Waals surface area contributed by atoms with Gasteiger partial charge in [-0.15, -0.1) is 0 Å². The Balaban J connectivity index is 2.42. The van der Waals surface area contributed by atoms with Gasteiger partial charge in [0.2, 0.25) is 0 Å². The van der Waals surface area contributed by atoms with Gasteiger partial charge in [0.05, 0.1) is 5.02 Å². The lowest BCUT2D eigenvalue weighted by molar-refractivity contribution is 0.628. The highest BCUT2D eigenvalue weighted by molar-refractivity contribution is 6.33. The summed E-state index contributed by atoms with van der Waals surface area (Å²) in [6.45, 7) is 0.511. The number of benzene rings is 2. The zero-order valence-electron chi connectivity index (χ0n) is 8.58. The lowest BCUT2D eigenvalue weighted by Gasteiger charge is -2.05. The molecule has 3 heteroatoms. The molecule has 0 radical (unpaired) electrons. The number of halogens is 2. The minimum Gasteiger partial charge on any atom is -0.326 e. The first kappa shape index (κ1) is 11.1. The maximum absolute atomic E-state index is 12.9. The molecular weight excluding hydrogens is 225 g/mol. The minimum atomic E-state index is -0.327. The lowest BCUT2D eigenvalue weighted by atomic mass is 10.0. The van der Waals surface area contributed by atoms with Crippen molar-refractivity contribution in [2.24, 2.45) is 5.73 Å². The topological polar surface area (TPSA) is 26.0 Å². The molecule has 0 saturated carbocycles. The molecule has 0 aliphatic rings. The van der Waals surface area contributed by atoms with Crippen LogP contribution in [0, 0.1) is 5.82 Å². The van der Waals surface area contributed by atoms with Gasteiger partial charge in [-0.05, 0) is 29.3 Å². The summed E-state index contributed by atoms with van der Waals surface area (Å²) in [6.07, 6.45) is 0. The van der Waals surface area contributed by atoms with Gasteiger partial charge in [-0.25, -0.2) is 4.39 Å². The van der Waals surface area contributed by atoms with Crippen LogP contribution in [0.5, 0.6) is 0 Å². The van der Waals surface area contributed by atoms with E-state index in [1.165, 1.54) is 12.1 Å². The van der Waals surface area contributed by atoms with Crippen molar-refractivity contribution < 1.29 is 4.39 Å². The second-order valence-corrected chi connectivity index (χ2v) is 3.93. The molecule has 2 aromatic rings. The van der Waals surface area contributed by atoms with E-state index in [1.807, 2.05) is 24.3 Å². The third kappa shape index (κ3) is 2.23. The zero-order valence-corrected chi connectivity index (χ0v) is 9.34. The summed E-state index contributed by atoms with van der Waals surface area (Å²) in [5.41, 5.74) is 8.36. The predicted molar refractivity (Wildman–Crippen MR) is 64.7 cm³/mol. The number of hydrogen-bond donors (Lipinski definition) is 1. The van der Waals surface area contributed by atoms with Crippen molar-refractivity contribution >= 4 is 11.6 Å². The van der Waals surface area contributed by atoms with Crippen LogP contribution in [-0.4, -0.2) is 0 Å². The fourth-order valence-electron chi connectivity index (χ4n) is 1.54. The van der Waals surface area contributed by atoms with Gasteiger partial charge in [0.25, 0.3) is 0 Å². The molecule has 0 aliphatic heterocycles. The first-order chi connectivity index (χ1) is 7.70. The van der Waals surface area contributed by atoms with Gasteiger partial charge in [-0.1, -0.05) is 35.9 Å². The second-order valence-electron chi connectivity index (χ2n) is 3.53. The molecule has 0 aliphatic carbocycles. The first-order valence-corrected chi connectivity index (χ1v) is 5.33. The quantitative estimate of drug-likeness (QED) is 0.846. The molecule has 0 unspecified atom stereocenters. The van der Waals surface area contributed by atoms with Gasteiger partial charge in [0.1, 0.15) is 5.82 Å². The molecule has 0 bridgehead atoms. The highest BCUT2D eigenvalue weighted by Crippen LogP contribution is 2.28. The summed E-state index contributed by atoms with van der Waals surface area (Å²) in [7, 11) is 0. The molecule has 2 N–H and O–H groups in total.